The fraction of sp³-hybridized carbons (Fsp3) is 0.200. The predicted octanol–water partition coefficient (Wildman–Crippen LogP) is 2.52. The molecule has 1 aromatic carbocycles. The van der Waals surface area contributed by atoms with Crippen LogP contribution in [-0.2, 0) is 6.42 Å². The number of nitrogens with two attached hydrogens (primary N) is 1. The van der Waals surface area contributed by atoms with Crippen LogP contribution in [0.25, 0.3) is 5.65 Å². The van der Waals surface area contributed by atoms with Crippen LogP contribution in [0.3, 0.4) is 0 Å². The van der Waals surface area contributed by atoms with Gasteiger partial charge in [-0.3, -0.25) is 0 Å². The molecule has 0 atom stereocenters. The first kappa shape index (κ1) is 11.7. The molecule has 0 aliphatic rings. The Morgan fingerprint density at radius 1 is 1.16 bits per heavy atom. The second-order valence-electron chi connectivity index (χ2n) is 4.78. The third-order valence-electron chi connectivity index (χ3n) is 3.29. The lowest BCUT2D eigenvalue weighted by Crippen LogP contribution is -2.08. The maximum absolute atomic E-state index is 6.24. The molecule has 2 heterocycles. The molecule has 0 radical (unpaired) electrons. The van der Waals surface area contributed by atoms with E-state index in [0.29, 0.717) is 5.82 Å². The van der Waals surface area contributed by atoms with E-state index in [0.717, 1.165) is 29.0 Å². The summed E-state index contributed by atoms with van der Waals surface area (Å²) in [6.45, 7) is 3.94. The topological polar surface area (TPSA) is 56.2 Å². The van der Waals surface area contributed by atoms with Gasteiger partial charge in [-0.1, -0.05) is 30.3 Å². The number of aryl methyl sites for hydroxylation is 2. The van der Waals surface area contributed by atoms with Crippen molar-refractivity contribution in [1.29, 1.82) is 0 Å². The van der Waals surface area contributed by atoms with Gasteiger partial charge in [0.15, 0.2) is 5.65 Å². The number of anilines is 1. The molecule has 4 nitrogen and oxygen atoms in total. The summed E-state index contributed by atoms with van der Waals surface area (Å²) in [6.07, 6.45) is 0.778. The quantitative estimate of drug-likeness (QED) is 0.762. The Bertz CT molecular complexity index is 729. The van der Waals surface area contributed by atoms with Gasteiger partial charge in [-0.15, -0.1) is 0 Å². The van der Waals surface area contributed by atoms with E-state index in [1.165, 1.54) is 5.56 Å². The number of rotatable bonds is 2. The Labute approximate surface area is 111 Å². The van der Waals surface area contributed by atoms with E-state index in [9.17, 15) is 0 Å². The largest absolute Gasteiger partial charge is 0.383 e. The molecule has 0 spiro atoms. The van der Waals surface area contributed by atoms with Crippen molar-refractivity contribution < 1.29 is 0 Å². The minimum Gasteiger partial charge on any atom is -0.383 e. The molecule has 0 aliphatic carbocycles. The zero-order chi connectivity index (χ0) is 13.4. The zero-order valence-electron chi connectivity index (χ0n) is 11.1. The van der Waals surface area contributed by atoms with Crippen molar-refractivity contribution >= 4 is 11.5 Å². The van der Waals surface area contributed by atoms with Crippen LogP contribution < -0.4 is 5.73 Å². The lowest BCUT2D eigenvalue weighted by Gasteiger charge is -2.10. The second-order valence-corrected chi connectivity index (χ2v) is 4.78. The van der Waals surface area contributed by atoms with Crippen LogP contribution in [0.5, 0.6) is 0 Å². The fourth-order valence-electron chi connectivity index (χ4n) is 2.31. The van der Waals surface area contributed by atoms with E-state index in [1.807, 2.05) is 38.1 Å². The number of fused-ring (bicyclic) bond motifs is 1. The molecule has 0 amide bonds. The monoisotopic (exact) mass is 252 g/mol. The van der Waals surface area contributed by atoms with Crippen LogP contribution in [0.1, 0.15) is 22.5 Å². The number of nitrogens with zero attached hydrogens (tertiary/aromatic N) is 3. The average Bonchev–Trinajstić information content (AvgIpc) is 2.76. The Hall–Kier alpha value is -2.36. The van der Waals surface area contributed by atoms with Crippen molar-refractivity contribution in [3.05, 3.63) is 58.9 Å². The van der Waals surface area contributed by atoms with Crippen LogP contribution >= 0.6 is 0 Å². The zero-order valence-corrected chi connectivity index (χ0v) is 11.1. The van der Waals surface area contributed by atoms with Crippen molar-refractivity contribution in [1.82, 2.24) is 14.6 Å². The van der Waals surface area contributed by atoms with Gasteiger partial charge >= 0.3 is 0 Å². The average molecular weight is 252 g/mol. The van der Waals surface area contributed by atoms with E-state index in [1.54, 1.807) is 4.52 Å². The molecule has 3 rings (SSSR count). The van der Waals surface area contributed by atoms with E-state index >= 15 is 0 Å². The maximum atomic E-state index is 6.24. The highest BCUT2D eigenvalue weighted by Crippen LogP contribution is 2.21. The first-order valence-corrected chi connectivity index (χ1v) is 6.30. The van der Waals surface area contributed by atoms with Crippen molar-refractivity contribution in [2.24, 2.45) is 0 Å². The van der Waals surface area contributed by atoms with Gasteiger partial charge in [0.25, 0.3) is 0 Å². The summed E-state index contributed by atoms with van der Waals surface area (Å²) in [4.78, 5) is 4.57. The lowest BCUT2D eigenvalue weighted by molar-refractivity contribution is 0.900. The highest BCUT2D eigenvalue weighted by Gasteiger charge is 2.12. The van der Waals surface area contributed by atoms with Crippen molar-refractivity contribution in [3.63, 3.8) is 0 Å². The van der Waals surface area contributed by atoms with Crippen LogP contribution in [0.2, 0.25) is 0 Å². The van der Waals surface area contributed by atoms with Crippen molar-refractivity contribution in [3.8, 4) is 0 Å². The molecule has 2 N–H and O–H groups in total. The number of aromatic nitrogens is 3. The van der Waals surface area contributed by atoms with Crippen LogP contribution in [-0.4, -0.2) is 14.6 Å². The molecule has 0 aliphatic heterocycles. The highest BCUT2D eigenvalue weighted by atomic mass is 15.3. The van der Waals surface area contributed by atoms with Gasteiger partial charge in [-0.2, -0.15) is 9.61 Å². The van der Waals surface area contributed by atoms with Gasteiger partial charge in [0.2, 0.25) is 0 Å². The molecule has 0 saturated heterocycles. The summed E-state index contributed by atoms with van der Waals surface area (Å²) in [6, 6.07) is 12.2. The Morgan fingerprint density at radius 2 is 1.89 bits per heavy atom. The molecule has 0 unspecified atom stereocenters. The SMILES string of the molecule is Cc1cc2nc(C)c(Cc3ccccc3)c(N)n2n1. The molecule has 19 heavy (non-hydrogen) atoms. The molecular weight excluding hydrogens is 236 g/mol. The van der Waals surface area contributed by atoms with Gasteiger partial charge < -0.3 is 5.73 Å². The highest BCUT2D eigenvalue weighted by molar-refractivity contribution is 5.54. The minimum absolute atomic E-state index is 0.680. The maximum Gasteiger partial charge on any atom is 0.157 e. The van der Waals surface area contributed by atoms with Crippen LogP contribution in [0, 0.1) is 13.8 Å². The summed E-state index contributed by atoms with van der Waals surface area (Å²) in [5.41, 5.74) is 11.2. The molecule has 0 saturated carbocycles. The van der Waals surface area contributed by atoms with E-state index < -0.39 is 0 Å². The molecule has 96 valence electrons. The normalized spacial score (nSPS) is 11.1. The summed E-state index contributed by atoms with van der Waals surface area (Å²) < 4.78 is 1.72. The molecule has 4 heteroatoms. The van der Waals surface area contributed by atoms with Crippen LogP contribution in [0.15, 0.2) is 36.4 Å². The van der Waals surface area contributed by atoms with Gasteiger partial charge in [-0.25, -0.2) is 4.98 Å². The molecule has 3 aromatic rings. The third kappa shape index (κ3) is 2.05. The lowest BCUT2D eigenvalue weighted by atomic mass is 10.0. The van der Waals surface area contributed by atoms with Gasteiger partial charge in [-0.05, 0) is 19.4 Å². The van der Waals surface area contributed by atoms with Crippen LogP contribution in [0.4, 0.5) is 5.82 Å². The Balaban J connectivity index is 2.13. The van der Waals surface area contributed by atoms with E-state index in [-0.39, 0.29) is 0 Å². The molecule has 2 aromatic heterocycles. The smallest absolute Gasteiger partial charge is 0.157 e. The molecule has 0 bridgehead atoms. The number of nitrogen functional groups attached to an aromatic ring is 1. The second kappa shape index (κ2) is 4.39. The standard InChI is InChI=1S/C15H16N4/c1-10-8-14-17-11(2)13(15(16)19(14)18-10)9-12-6-4-3-5-7-12/h3-8H,9,16H2,1-2H3. The predicted molar refractivity (Wildman–Crippen MR) is 76.1 cm³/mol. The van der Waals surface area contributed by atoms with Crippen molar-refractivity contribution in [2.45, 2.75) is 20.3 Å². The number of hydrogen-bond acceptors (Lipinski definition) is 3. The van der Waals surface area contributed by atoms with Crippen molar-refractivity contribution in [2.75, 3.05) is 5.73 Å². The third-order valence-corrected chi connectivity index (χ3v) is 3.29. The molecule has 0 fully saturated rings. The first-order valence-electron chi connectivity index (χ1n) is 6.30. The summed E-state index contributed by atoms with van der Waals surface area (Å²) in [5.74, 6) is 0.680. The fourth-order valence-corrected chi connectivity index (χ4v) is 2.31. The number of benzene rings is 1. The summed E-state index contributed by atoms with van der Waals surface area (Å²) in [7, 11) is 0. The Kier molecular flexibility index (Phi) is 2.71. The number of hydrogen-bond donors (Lipinski definition) is 1. The summed E-state index contributed by atoms with van der Waals surface area (Å²) in [5, 5.41) is 4.39. The van der Waals surface area contributed by atoms with Gasteiger partial charge in [0, 0.05) is 23.7 Å². The molecular formula is C15H16N4. The van der Waals surface area contributed by atoms with Gasteiger partial charge in [0.1, 0.15) is 5.82 Å². The summed E-state index contributed by atoms with van der Waals surface area (Å²) >= 11 is 0. The van der Waals surface area contributed by atoms with Gasteiger partial charge in [0.05, 0.1) is 5.69 Å². The van der Waals surface area contributed by atoms with E-state index in [2.05, 4.69) is 22.2 Å². The first-order chi connectivity index (χ1) is 9.15. The Morgan fingerprint density at radius 3 is 2.63 bits per heavy atom. The minimum atomic E-state index is 0.680. The van der Waals surface area contributed by atoms with E-state index in [4.69, 9.17) is 5.73 Å².